The predicted molar refractivity (Wildman–Crippen MR) is 76.1 cm³/mol. The van der Waals surface area contributed by atoms with Crippen LogP contribution in [0, 0.1) is 0 Å². The molecule has 3 nitrogen and oxygen atoms in total. The molecule has 18 heavy (non-hydrogen) atoms. The smallest absolute Gasteiger partial charge is 0.0781 e. The minimum Gasteiger partial charge on any atom is -0.389 e. The molecule has 0 aliphatic heterocycles. The van der Waals surface area contributed by atoms with Gasteiger partial charge in [0.2, 0.25) is 0 Å². The third kappa shape index (κ3) is 3.72. The number of nitrogens with zero attached hydrogens (tertiary/aromatic N) is 1. The van der Waals surface area contributed by atoms with E-state index in [0.717, 1.165) is 24.2 Å². The van der Waals surface area contributed by atoms with Gasteiger partial charge in [0.1, 0.15) is 0 Å². The van der Waals surface area contributed by atoms with Crippen LogP contribution in [0.25, 0.3) is 0 Å². The molecule has 0 saturated carbocycles. The summed E-state index contributed by atoms with van der Waals surface area (Å²) in [5.74, 6) is 0. The fraction of sp³-hybridized carbons (Fsp3) is 0.600. The summed E-state index contributed by atoms with van der Waals surface area (Å²) in [4.78, 5) is 2.31. The van der Waals surface area contributed by atoms with Gasteiger partial charge in [0.15, 0.2) is 0 Å². The van der Waals surface area contributed by atoms with E-state index in [1.54, 1.807) is 7.11 Å². The normalized spacial score (nSPS) is 14.3. The average molecular weight is 251 g/mol. The van der Waals surface area contributed by atoms with Gasteiger partial charge in [-0.3, -0.25) is 0 Å². The van der Waals surface area contributed by atoms with E-state index in [1.165, 1.54) is 0 Å². The van der Waals surface area contributed by atoms with Gasteiger partial charge in [-0.25, -0.2) is 0 Å². The van der Waals surface area contributed by atoms with Crippen molar-refractivity contribution in [1.29, 1.82) is 0 Å². The molecule has 0 fully saturated rings. The minimum absolute atomic E-state index is 0.431. The first-order valence-electron chi connectivity index (χ1n) is 6.64. The Bertz CT molecular complexity index is 352. The molecule has 1 aromatic carbocycles. The molecule has 2 atom stereocenters. The van der Waals surface area contributed by atoms with Crippen LogP contribution in [-0.2, 0) is 4.74 Å². The molecule has 0 aliphatic carbocycles. The van der Waals surface area contributed by atoms with Crippen LogP contribution in [-0.4, -0.2) is 31.4 Å². The lowest BCUT2D eigenvalue weighted by Gasteiger charge is -2.33. The number of hydrogen-bond acceptors (Lipinski definition) is 3. The predicted octanol–water partition coefficient (Wildman–Crippen LogP) is 2.99. The molecule has 2 unspecified atom stereocenters. The standard InChI is InChI=1S/C15H25NO2/c1-5-12(2)16(10-11-18-4)15-9-7-6-8-14(15)13(3)17/h6-9,12-13,17H,5,10-11H2,1-4H3. The molecule has 0 radical (unpaired) electrons. The van der Waals surface area contributed by atoms with E-state index in [4.69, 9.17) is 4.74 Å². The number of methoxy groups -OCH3 is 1. The SMILES string of the molecule is CCC(C)N(CCOC)c1ccccc1C(C)O. The molecule has 0 aliphatic rings. The number of benzene rings is 1. The van der Waals surface area contributed by atoms with Crippen molar-refractivity contribution in [3.63, 3.8) is 0 Å². The highest BCUT2D eigenvalue weighted by molar-refractivity contribution is 5.55. The third-order valence-corrected chi connectivity index (χ3v) is 3.36. The molecule has 0 spiro atoms. The minimum atomic E-state index is -0.449. The van der Waals surface area contributed by atoms with Gasteiger partial charge < -0.3 is 14.7 Å². The van der Waals surface area contributed by atoms with E-state index < -0.39 is 6.10 Å². The third-order valence-electron chi connectivity index (χ3n) is 3.36. The van der Waals surface area contributed by atoms with Crippen LogP contribution in [0.2, 0.25) is 0 Å². The zero-order valence-electron chi connectivity index (χ0n) is 11.9. The zero-order valence-corrected chi connectivity index (χ0v) is 11.9. The Labute approximate surface area is 110 Å². The number of rotatable bonds is 7. The van der Waals surface area contributed by atoms with Crippen LogP contribution in [0.5, 0.6) is 0 Å². The quantitative estimate of drug-likeness (QED) is 0.808. The van der Waals surface area contributed by atoms with Crippen LogP contribution >= 0.6 is 0 Å². The summed E-state index contributed by atoms with van der Waals surface area (Å²) < 4.78 is 5.18. The fourth-order valence-electron chi connectivity index (χ4n) is 2.09. The number of para-hydroxylation sites is 1. The highest BCUT2D eigenvalue weighted by Gasteiger charge is 2.17. The Balaban J connectivity index is 3.03. The van der Waals surface area contributed by atoms with E-state index in [0.29, 0.717) is 12.6 Å². The lowest BCUT2D eigenvalue weighted by molar-refractivity contribution is 0.196. The largest absolute Gasteiger partial charge is 0.389 e. The van der Waals surface area contributed by atoms with Gasteiger partial charge in [-0.1, -0.05) is 25.1 Å². The van der Waals surface area contributed by atoms with Crippen molar-refractivity contribution in [3.8, 4) is 0 Å². The summed E-state index contributed by atoms with van der Waals surface area (Å²) in [7, 11) is 1.72. The molecule has 3 heteroatoms. The van der Waals surface area contributed by atoms with Gasteiger partial charge in [0, 0.05) is 30.9 Å². The maximum absolute atomic E-state index is 9.88. The van der Waals surface area contributed by atoms with Crippen molar-refractivity contribution in [2.45, 2.75) is 39.3 Å². The van der Waals surface area contributed by atoms with E-state index in [2.05, 4.69) is 24.8 Å². The van der Waals surface area contributed by atoms with Crippen molar-refractivity contribution >= 4 is 5.69 Å². The highest BCUT2D eigenvalue weighted by Crippen LogP contribution is 2.28. The Kier molecular flexibility index (Phi) is 6.16. The lowest BCUT2D eigenvalue weighted by Crippen LogP contribution is -2.36. The molecule has 0 amide bonds. The first kappa shape index (κ1) is 15.0. The molecular formula is C15H25NO2. The maximum Gasteiger partial charge on any atom is 0.0781 e. The van der Waals surface area contributed by atoms with E-state index >= 15 is 0 Å². The van der Waals surface area contributed by atoms with Crippen molar-refractivity contribution in [3.05, 3.63) is 29.8 Å². The van der Waals surface area contributed by atoms with Crippen molar-refractivity contribution in [2.75, 3.05) is 25.2 Å². The molecule has 0 aromatic heterocycles. The number of aliphatic hydroxyl groups excluding tert-OH is 1. The Morgan fingerprint density at radius 2 is 1.94 bits per heavy atom. The Hall–Kier alpha value is -1.06. The molecule has 1 rings (SSSR count). The van der Waals surface area contributed by atoms with E-state index in [1.807, 2.05) is 25.1 Å². The number of hydrogen-bond donors (Lipinski definition) is 1. The zero-order chi connectivity index (χ0) is 13.5. The monoisotopic (exact) mass is 251 g/mol. The maximum atomic E-state index is 9.88. The Morgan fingerprint density at radius 3 is 2.50 bits per heavy atom. The second kappa shape index (κ2) is 7.39. The van der Waals surface area contributed by atoms with Crippen LogP contribution in [0.1, 0.15) is 38.9 Å². The van der Waals surface area contributed by atoms with Gasteiger partial charge in [-0.2, -0.15) is 0 Å². The second-order valence-corrected chi connectivity index (χ2v) is 4.68. The number of anilines is 1. The summed E-state index contributed by atoms with van der Waals surface area (Å²) in [5, 5.41) is 9.88. The van der Waals surface area contributed by atoms with Gasteiger partial charge in [-0.15, -0.1) is 0 Å². The van der Waals surface area contributed by atoms with Crippen molar-refractivity contribution < 1.29 is 9.84 Å². The van der Waals surface area contributed by atoms with Gasteiger partial charge >= 0.3 is 0 Å². The molecule has 0 bridgehead atoms. The van der Waals surface area contributed by atoms with Crippen LogP contribution in [0.15, 0.2) is 24.3 Å². The number of ether oxygens (including phenoxy) is 1. The van der Waals surface area contributed by atoms with Gasteiger partial charge in [0.05, 0.1) is 12.7 Å². The van der Waals surface area contributed by atoms with Crippen LogP contribution in [0.3, 0.4) is 0 Å². The molecule has 0 heterocycles. The Morgan fingerprint density at radius 1 is 1.28 bits per heavy atom. The second-order valence-electron chi connectivity index (χ2n) is 4.68. The summed E-state index contributed by atoms with van der Waals surface area (Å²) in [6.07, 6.45) is 0.619. The van der Waals surface area contributed by atoms with E-state index in [9.17, 15) is 5.11 Å². The van der Waals surface area contributed by atoms with Crippen molar-refractivity contribution in [1.82, 2.24) is 0 Å². The van der Waals surface area contributed by atoms with Crippen molar-refractivity contribution in [2.24, 2.45) is 0 Å². The fourth-order valence-corrected chi connectivity index (χ4v) is 2.09. The summed E-state index contributed by atoms with van der Waals surface area (Å²) in [6.45, 7) is 7.72. The van der Waals surface area contributed by atoms with Crippen LogP contribution < -0.4 is 4.90 Å². The molecule has 102 valence electrons. The summed E-state index contributed by atoms with van der Waals surface area (Å²) in [5.41, 5.74) is 2.09. The number of aliphatic hydroxyl groups is 1. The highest BCUT2D eigenvalue weighted by atomic mass is 16.5. The molecule has 1 N–H and O–H groups in total. The first-order valence-corrected chi connectivity index (χ1v) is 6.64. The summed E-state index contributed by atoms with van der Waals surface area (Å²) in [6, 6.07) is 8.48. The topological polar surface area (TPSA) is 32.7 Å². The van der Waals surface area contributed by atoms with Crippen LogP contribution in [0.4, 0.5) is 5.69 Å². The van der Waals surface area contributed by atoms with E-state index in [-0.39, 0.29) is 0 Å². The molecule has 0 saturated heterocycles. The lowest BCUT2D eigenvalue weighted by atomic mass is 10.1. The average Bonchev–Trinajstić information content (AvgIpc) is 2.39. The molecule has 1 aromatic rings. The first-order chi connectivity index (χ1) is 8.61. The van der Waals surface area contributed by atoms with Gasteiger partial charge in [-0.05, 0) is 26.3 Å². The molecular weight excluding hydrogens is 226 g/mol. The summed E-state index contributed by atoms with van der Waals surface area (Å²) >= 11 is 0. The van der Waals surface area contributed by atoms with Gasteiger partial charge in [0.25, 0.3) is 0 Å².